The maximum Gasteiger partial charge on any atom is 0.417 e. The van der Waals surface area contributed by atoms with E-state index in [0.717, 1.165) is 11.1 Å². The molecule has 1 aliphatic rings. The largest absolute Gasteiger partial charge is 0.447 e. The topological polar surface area (TPSA) is 46.6 Å². The highest BCUT2D eigenvalue weighted by atomic mass is 35.5. The summed E-state index contributed by atoms with van der Waals surface area (Å²) in [5, 5.41) is 2.96. The van der Waals surface area contributed by atoms with Crippen LogP contribution in [-0.4, -0.2) is 29.5 Å². The third-order valence-corrected chi connectivity index (χ3v) is 6.19. The average Bonchev–Trinajstić information content (AvgIpc) is 3.19. The number of carbonyl (C=O) groups excluding carboxylic acids is 2. The quantitative estimate of drug-likeness (QED) is 0.423. The fourth-order valence-corrected chi connectivity index (χ4v) is 4.20. The molecule has 1 fully saturated rings. The van der Waals surface area contributed by atoms with Gasteiger partial charge in [0.2, 0.25) is 5.91 Å². The molecule has 0 saturated carbocycles. The van der Waals surface area contributed by atoms with E-state index in [1.807, 2.05) is 50.3 Å². The molecule has 0 aromatic heterocycles. The fourth-order valence-electron chi connectivity index (χ4n) is 4.07. The van der Waals surface area contributed by atoms with E-state index in [1.54, 1.807) is 12.1 Å². The Morgan fingerprint density at radius 2 is 1.81 bits per heavy atom. The van der Waals surface area contributed by atoms with E-state index in [2.05, 4.69) is 30.3 Å². The number of hydrogen-bond donors (Lipinski definition) is 0. The molecule has 1 saturated heterocycles. The number of benzene rings is 3. The molecule has 5 heteroatoms. The van der Waals surface area contributed by atoms with Gasteiger partial charge in [0.05, 0.1) is 12.0 Å². The molecule has 4 rings (SSSR count). The molecule has 164 valence electrons. The van der Waals surface area contributed by atoms with Crippen molar-refractivity contribution in [1.82, 2.24) is 4.90 Å². The number of cyclic esters (lactones) is 1. The Labute approximate surface area is 193 Å². The van der Waals surface area contributed by atoms with Gasteiger partial charge in [-0.25, -0.2) is 9.69 Å². The molecular formula is C27H26ClNO3. The van der Waals surface area contributed by atoms with Crippen molar-refractivity contribution in [2.45, 2.75) is 32.2 Å². The standard InChI is InChI=1S/C27H26ClNO3/c1-18(2)25-17-32-27(31)29(25)26(30)24(21-12-14-23(28)15-13-21)9-5-6-19-10-11-20-7-3-4-8-22(20)16-19/h3-8,10-16,18,24-25H,9,17H2,1-2H3/b6-5+/t24-,25+/m1/s1. The predicted molar refractivity (Wildman–Crippen MR) is 129 cm³/mol. The Kier molecular flexibility index (Phi) is 6.61. The number of ether oxygens (including phenoxy) is 1. The molecule has 0 radical (unpaired) electrons. The summed E-state index contributed by atoms with van der Waals surface area (Å²) >= 11 is 6.06. The number of carbonyl (C=O) groups is 2. The highest BCUT2D eigenvalue weighted by Gasteiger charge is 2.42. The second kappa shape index (κ2) is 9.58. The van der Waals surface area contributed by atoms with Crippen molar-refractivity contribution < 1.29 is 14.3 Å². The van der Waals surface area contributed by atoms with Crippen molar-refractivity contribution in [3.63, 3.8) is 0 Å². The summed E-state index contributed by atoms with van der Waals surface area (Å²) < 4.78 is 5.21. The van der Waals surface area contributed by atoms with E-state index in [1.165, 1.54) is 15.7 Å². The predicted octanol–water partition coefficient (Wildman–Crippen LogP) is 6.68. The number of allylic oxidation sites excluding steroid dienone is 1. The van der Waals surface area contributed by atoms with Gasteiger partial charge in [-0.3, -0.25) is 4.79 Å². The lowest BCUT2D eigenvalue weighted by molar-refractivity contribution is -0.131. The number of fused-ring (bicyclic) bond motifs is 1. The molecule has 4 nitrogen and oxygen atoms in total. The summed E-state index contributed by atoms with van der Waals surface area (Å²) in [6.45, 7) is 4.22. The molecule has 0 aliphatic carbocycles. The highest BCUT2D eigenvalue weighted by molar-refractivity contribution is 6.30. The van der Waals surface area contributed by atoms with Gasteiger partial charge in [-0.15, -0.1) is 0 Å². The Morgan fingerprint density at radius 3 is 2.53 bits per heavy atom. The zero-order valence-electron chi connectivity index (χ0n) is 18.2. The Bertz CT molecular complexity index is 1150. The number of hydrogen-bond acceptors (Lipinski definition) is 3. The molecule has 2 atom stereocenters. The van der Waals surface area contributed by atoms with E-state index >= 15 is 0 Å². The van der Waals surface area contributed by atoms with Crippen LogP contribution in [-0.2, 0) is 9.53 Å². The zero-order valence-corrected chi connectivity index (χ0v) is 19.0. The molecule has 0 unspecified atom stereocenters. The van der Waals surface area contributed by atoms with Crippen molar-refractivity contribution in [2.75, 3.05) is 6.61 Å². The van der Waals surface area contributed by atoms with E-state index in [-0.39, 0.29) is 24.5 Å². The van der Waals surface area contributed by atoms with Gasteiger partial charge in [0, 0.05) is 5.02 Å². The molecule has 32 heavy (non-hydrogen) atoms. The van der Waals surface area contributed by atoms with Gasteiger partial charge in [-0.1, -0.05) is 86.1 Å². The van der Waals surface area contributed by atoms with E-state index in [0.29, 0.717) is 11.4 Å². The molecule has 3 aromatic carbocycles. The number of nitrogens with zero attached hydrogens (tertiary/aromatic N) is 1. The maximum absolute atomic E-state index is 13.5. The van der Waals surface area contributed by atoms with Crippen molar-refractivity contribution in [3.8, 4) is 0 Å². The molecule has 2 amide bonds. The number of rotatable bonds is 6. The summed E-state index contributed by atoms with van der Waals surface area (Å²) in [7, 11) is 0. The van der Waals surface area contributed by atoms with Gasteiger partial charge in [0.1, 0.15) is 6.61 Å². The molecule has 0 N–H and O–H groups in total. The van der Waals surface area contributed by atoms with Gasteiger partial charge in [0.15, 0.2) is 0 Å². The molecule has 1 heterocycles. The molecule has 0 spiro atoms. The lowest BCUT2D eigenvalue weighted by atomic mass is 9.92. The third-order valence-electron chi connectivity index (χ3n) is 5.94. The average molecular weight is 448 g/mol. The normalized spacial score (nSPS) is 17.3. The van der Waals surface area contributed by atoms with Gasteiger partial charge >= 0.3 is 6.09 Å². The highest BCUT2D eigenvalue weighted by Crippen LogP contribution is 2.30. The van der Waals surface area contributed by atoms with Crippen LogP contribution in [0.2, 0.25) is 5.02 Å². The number of amides is 2. The van der Waals surface area contributed by atoms with E-state index in [4.69, 9.17) is 16.3 Å². The van der Waals surface area contributed by atoms with Crippen LogP contribution in [0.25, 0.3) is 16.8 Å². The summed E-state index contributed by atoms with van der Waals surface area (Å²) in [6.07, 6.45) is 3.91. The summed E-state index contributed by atoms with van der Waals surface area (Å²) in [5.74, 6) is -0.628. The van der Waals surface area contributed by atoms with Gasteiger partial charge in [-0.05, 0) is 52.4 Å². The third kappa shape index (κ3) is 4.71. The lowest BCUT2D eigenvalue weighted by Crippen LogP contribution is -2.44. The number of imide groups is 1. The van der Waals surface area contributed by atoms with Crippen LogP contribution >= 0.6 is 11.6 Å². The summed E-state index contributed by atoms with van der Waals surface area (Å²) in [5.41, 5.74) is 1.89. The van der Waals surface area contributed by atoms with E-state index in [9.17, 15) is 9.59 Å². The first-order chi connectivity index (χ1) is 15.4. The van der Waals surface area contributed by atoms with Crippen molar-refractivity contribution in [3.05, 3.63) is 89.0 Å². The van der Waals surface area contributed by atoms with Crippen LogP contribution in [0.5, 0.6) is 0 Å². The second-order valence-corrected chi connectivity index (χ2v) is 8.88. The van der Waals surface area contributed by atoms with Crippen LogP contribution in [0, 0.1) is 5.92 Å². The maximum atomic E-state index is 13.5. The number of halogens is 1. The fraction of sp³-hybridized carbons (Fsp3) is 0.259. The minimum absolute atomic E-state index is 0.115. The minimum Gasteiger partial charge on any atom is -0.447 e. The Hall–Kier alpha value is -3.11. The van der Waals surface area contributed by atoms with Crippen LogP contribution < -0.4 is 0 Å². The van der Waals surface area contributed by atoms with E-state index < -0.39 is 12.0 Å². The zero-order chi connectivity index (χ0) is 22.7. The SMILES string of the molecule is CC(C)[C@@H]1COC(=O)N1C(=O)[C@H](C/C=C/c1ccc2ccccc2c1)c1ccc(Cl)cc1. The van der Waals surface area contributed by atoms with Crippen LogP contribution in [0.3, 0.4) is 0 Å². The molecular weight excluding hydrogens is 422 g/mol. The van der Waals surface area contributed by atoms with Crippen LogP contribution in [0.4, 0.5) is 4.79 Å². The van der Waals surface area contributed by atoms with Gasteiger partial charge in [-0.2, -0.15) is 0 Å². The monoisotopic (exact) mass is 447 g/mol. The summed E-state index contributed by atoms with van der Waals surface area (Å²) in [6, 6.07) is 21.5. The minimum atomic E-state index is -0.564. The van der Waals surface area contributed by atoms with Crippen LogP contribution in [0.15, 0.2) is 72.8 Å². The van der Waals surface area contributed by atoms with Gasteiger partial charge in [0.25, 0.3) is 0 Å². The van der Waals surface area contributed by atoms with Crippen molar-refractivity contribution in [1.29, 1.82) is 0 Å². The van der Waals surface area contributed by atoms with Crippen molar-refractivity contribution in [2.24, 2.45) is 5.92 Å². The van der Waals surface area contributed by atoms with Gasteiger partial charge < -0.3 is 4.74 Å². The van der Waals surface area contributed by atoms with Crippen LogP contribution in [0.1, 0.15) is 37.3 Å². The Morgan fingerprint density at radius 1 is 1.09 bits per heavy atom. The lowest BCUT2D eigenvalue weighted by Gasteiger charge is -2.26. The molecule has 1 aliphatic heterocycles. The molecule has 0 bridgehead atoms. The first-order valence-electron chi connectivity index (χ1n) is 10.8. The smallest absolute Gasteiger partial charge is 0.417 e. The van der Waals surface area contributed by atoms with Crippen molar-refractivity contribution >= 4 is 40.4 Å². The second-order valence-electron chi connectivity index (χ2n) is 8.45. The first-order valence-corrected chi connectivity index (χ1v) is 11.2. The molecule has 3 aromatic rings. The Balaban J connectivity index is 1.60. The first kappa shape index (κ1) is 22.1. The summed E-state index contributed by atoms with van der Waals surface area (Å²) in [4.78, 5) is 27.2.